The molecule has 2 aromatic rings. The van der Waals surface area contributed by atoms with E-state index in [-0.39, 0.29) is 11.6 Å². The lowest BCUT2D eigenvalue weighted by molar-refractivity contribution is -0.384. The van der Waals surface area contributed by atoms with Gasteiger partial charge in [-0.2, -0.15) is 0 Å². The average molecular weight is 287 g/mol. The fourth-order valence-electron chi connectivity index (χ4n) is 1.74. The largest absolute Gasteiger partial charge is 0.322 e. The number of nitrogens with one attached hydrogen (secondary N) is 2. The van der Waals surface area contributed by atoms with Crippen LogP contribution in [-0.2, 0) is 0 Å². The summed E-state index contributed by atoms with van der Waals surface area (Å²) < 4.78 is 0. The highest BCUT2D eigenvalue weighted by molar-refractivity contribution is 6.04. The number of nitro groups is 1. The zero-order chi connectivity index (χ0) is 15.4. The molecular formula is C13H13N5O3. The number of rotatable bonds is 4. The Morgan fingerprint density at radius 3 is 2.52 bits per heavy atom. The van der Waals surface area contributed by atoms with Crippen molar-refractivity contribution in [2.24, 2.45) is 5.84 Å². The summed E-state index contributed by atoms with van der Waals surface area (Å²) in [6.07, 6.45) is 0. The second-order valence-electron chi connectivity index (χ2n) is 4.28. The van der Waals surface area contributed by atoms with Gasteiger partial charge in [-0.15, -0.1) is 0 Å². The number of nitrogen functional groups attached to an aromatic ring is 1. The number of hydrogen-bond donors (Lipinski definition) is 3. The van der Waals surface area contributed by atoms with E-state index >= 15 is 0 Å². The number of aromatic nitrogens is 1. The Balaban J connectivity index is 2.17. The van der Waals surface area contributed by atoms with E-state index in [1.165, 1.54) is 30.3 Å². The second-order valence-corrected chi connectivity index (χ2v) is 4.28. The number of anilines is 2. The van der Waals surface area contributed by atoms with Gasteiger partial charge in [0, 0.05) is 29.1 Å². The molecule has 0 spiro atoms. The molecule has 0 fully saturated rings. The molecule has 4 N–H and O–H groups in total. The van der Waals surface area contributed by atoms with Crippen LogP contribution in [0.1, 0.15) is 16.1 Å². The van der Waals surface area contributed by atoms with Crippen LogP contribution in [0, 0.1) is 17.0 Å². The number of non-ortho nitro benzene ring substituents is 1. The predicted octanol–water partition coefficient (Wildman–Crippen LogP) is 1.84. The van der Waals surface area contributed by atoms with Crippen LogP contribution < -0.4 is 16.6 Å². The quantitative estimate of drug-likeness (QED) is 0.448. The molecule has 0 aliphatic heterocycles. The predicted molar refractivity (Wildman–Crippen MR) is 77.8 cm³/mol. The Kier molecular flexibility index (Phi) is 4.10. The molecule has 0 aliphatic rings. The standard InChI is InChI=1S/C13H13N5O3/c1-8-6-9(7-12(15-8)17-14)13(19)16-10-2-4-11(5-3-10)18(20)21/h2-7H,14H2,1H3,(H,15,17)(H,16,19). The first-order valence-electron chi connectivity index (χ1n) is 6.00. The smallest absolute Gasteiger partial charge is 0.269 e. The summed E-state index contributed by atoms with van der Waals surface area (Å²) in [6.45, 7) is 1.74. The molecule has 1 amide bonds. The first-order valence-corrected chi connectivity index (χ1v) is 6.00. The highest BCUT2D eigenvalue weighted by atomic mass is 16.6. The summed E-state index contributed by atoms with van der Waals surface area (Å²) in [7, 11) is 0. The maximum atomic E-state index is 12.1. The number of carbonyl (C=O) groups excluding carboxylic acids is 1. The summed E-state index contributed by atoms with van der Waals surface area (Å²) in [5.74, 6) is 5.30. The average Bonchev–Trinajstić information content (AvgIpc) is 2.47. The number of nitro benzene ring substituents is 1. The van der Waals surface area contributed by atoms with Gasteiger partial charge >= 0.3 is 0 Å². The lowest BCUT2D eigenvalue weighted by Gasteiger charge is -2.07. The van der Waals surface area contributed by atoms with Gasteiger partial charge in [-0.3, -0.25) is 14.9 Å². The number of aryl methyl sites for hydroxylation is 1. The number of nitrogens with two attached hydrogens (primary N) is 1. The Morgan fingerprint density at radius 1 is 1.29 bits per heavy atom. The van der Waals surface area contributed by atoms with Gasteiger partial charge in [-0.25, -0.2) is 10.8 Å². The van der Waals surface area contributed by atoms with Gasteiger partial charge in [0.15, 0.2) is 0 Å². The van der Waals surface area contributed by atoms with Crippen molar-refractivity contribution in [3.63, 3.8) is 0 Å². The van der Waals surface area contributed by atoms with E-state index in [1.54, 1.807) is 13.0 Å². The molecule has 0 saturated carbocycles. The Morgan fingerprint density at radius 2 is 1.95 bits per heavy atom. The zero-order valence-corrected chi connectivity index (χ0v) is 11.2. The van der Waals surface area contributed by atoms with E-state index < -0.39 is 4.92 Å². The van der Waals surface area contributed by atoms with Gasteiger partial charge in [0.2, 0.25) is 0 Å². The normalized spacial score (nSPS) is 10.0. The van der Waals surface area contributed by atoms with Gasteiger partial charge < -0.3 is 10.7 Å². The van der Waals surface area contributed by atoms with E-state index in [0.29, 0.717) is 22.8 Å². The van der Waals surface area contributed by atoms with Crippen LogP contribution in [0.25, 0.3) is 0 Å². The molecule has 108 valence electrons. The van der Waals surface area contributed by atoms with Gasteiger partial charge in [0.25, 0.3) is 11.6 Å². The van der Waals surface area contributed by atoms with E-state index in [0.717, 1.165) is 0 Å². The Hall–Kier alpha value is -3.00. The number of benzene rings is 1. The van der Waals surface area contributed by atoms with Crippen molar-refractivity contribution in [2.45, 2.75) is 6.92 Å². The maximum absolute atomic E-state index is 12.1. The number of hydrogen-bond acceptors (Lipinski definition) is 6. The molecule has 1 heterocycles. The Bertz CT molecular complexity index is 685. The molecule has 0 atom stereocenters. The third-order valence-electron chi connectivity index (χ3n) is 2.70. The minimum Gasteiger partial charge on any atom is -0.322 e. The van der Waals surface area contributed by atoms with E-state index in [9.17, 15) is 14.9 Å². The third kappa shape index (κ3) is 3.51. The molecule has 8 heteroatoms. The molecule has 0 bridgehead atoms. The maximum Gasteiger partial charge on any atom is 0.269 e. The first kappa shape index (κ1) is 14.4. The number of carbonyl (C=O) groups is 1. The van der Waals surface area contributed by atoms with Gasteiger partial charge in [0.05, 0.1) is 4.92 Å². The van der Waals surface area contributed by atoms with Crippen LogP contribution in [0.3, 0.4) is 0 Å². The topological polar surface area (TPSA) is 123 Å². The van der Waals surface area contributed by atoms with Crippen LogP contribution in [-0.4, -0.2) is 15.8 Å². The molecule has 0 aliphatic carbocycles. The molecule has 0 unspecified atom stereocenters. The number of pyridine rings is 1. The second kappa shape index (κ2) is 5.97. The van der Waals surface area contributed by atoms with Gasteiger partial charge in [0.1, 0.15) is 5.82 Å². The summed E-state index contributed by atoms with van der Waals surface area (Å²) >= 11 is 0. The lowest BCUT2D eigenvalue weighted by Crippen LogP contribution is -2.15. The number of hydrazine groups is 1. The highest BCUT2D eigenvalue weighted by Gasteiger charge is 2.10. The minimum absolute atomic E-state index is 0.0395. The van der Waals surface area contributed by atoms with Crippen LogP contribution in [0.15, 0.2) is 36.4 Å². The van der Waals surface area contributed by atoms with Crippen LogP contribution in [0.4, 0.5) is 17.2 Å². The van der Waals surface area contributed by atoms with E-state index in [1.807, 2.05) is 0 Å². The molecule has 1 aromatic heterocycles. The van der Waals surface area contributed by atoms with Crippen molar-refractivity contribution >= 4 is 23.1 Å². The monoisotopic (exact) mass is 287 g/mol. The van der Waals surface area contributed by atoms with E-state index in [2.05, 4.69) is 15.7 Å². The SMILES string of the molecule is Cc1cc(C(=O)Nc2ccc([N+](=O)[O-])cc2)cc(NN)n1. The van der Waals surface area contributed by atoms with Gasteiger partial charge in [-0.1, -0.05) is 0 Å². The molecule has 21 heavy (non-hydrogen) atoms. The fraction of sp³-hybridized carbons (Fsp3) is 0.0769. The lowest BCUT2D eigenvalue weighted by atomic mass is 10.2. The van der Waals surface area contributed by atoms with Crippen molar-refractivity contribution in [1.82, 2.24) is 4.98 Å². The molecule has 0 radical (unpaired) electrons. The minimum atomic E-state index is -0.503. The summed E-state index contributed by atoms with van der Waals surface area (Å²) in [4.78, 5) is 26.2. The van der Waals surface area contributed by atoms with Crippen molar-refractivity contribution in [3.8, 4) is 0 Å². The van der Waals surface area contributed by atoms with Crippen molar-refractivity contribution in [1.29, 1.82) is 0 Å². The highest BCUT2D eigenvalue weighted by Crippen LogP contribution is 2.17. The molecule has 8 nitrogen and oxygen atoms in total. The summed E-state index contributed by atoms with van der Waals surface area (Å²) in [5.41, 5.74) is 3.82. The van der Waals surface area contributed by atoms with Crippen molar-refractivity contribution < 1.29 is 9.72 Å². The van der Waals surface area contributed by atoms with E-state index in [4.69, 9.17) is 5.84 Å². The fourth-order valence-corrected chi connectivity index (χ4v) is 1.74. The van der Waals surface area contributed by atoms with Crippen LogP contribution in [0.5, 0.6) is 0 Å². The zero-order valence-electron chi connectivity index (χ0n) is 11.2. The summed E-state index contributed by atoms with van der Waals surface area (Å²) in [6, 6.07) is 8.69. The van der Waals surface area contributed by atoms with Gasteiger partial charge in [-0.05, 0) is 31.2 Å². The molecule has 1 aromatic carbocycles. The van der Waals surface area contributed by atoms with Crippen LogP contribution >= 0.6 is 0 Å². The van der Waals surface area contributed by atoms with Crippen molar-refractivity contribution in [3.05, 3.63) is 57.8 Å². The van der Waals surface area contributed by atoms with Crippen LogP contribution in [0.2, 0.25) is 0 Å². The first-order chi connectivity index (χ1) is 9.99. The number of nitrogens with zero attached hydrogens (tertiary/aromatic N) is 2. The number of amides is 1. The third-order valence-corrected chi connectivity index (χ3v) is 2.70. The molecular weight excluding hydrogens is 274 g/mol. The molecule has 0 saturated heterocycles. The van der Waals surface area contributed by atoms with Crippen molar-refractivity contribution in [2.75, 3.05) is 10.7 Å². The summed E-state index contributed by atoms with van der Waals surface area (Å²) in [5, 5.41) is 13.2. The Labute approximate surface area is 120 Å². The molecule has 2 rings (SSSR count).